The van der Waals surface area contributed by atoms with Gasteiger partial charge in [0.15, 0.2) is 17.6 Å². The molecule has 0 saturated carbocycles. The van der Waals surface area contributed by atoms with Crippen molar-refractivity contribution in [3.63, 3.8) is 0 Å². The molecule has 4 amide bonds. The number of carboxylic acids is 1. The highest BCUT2D eigenvalue weighted by Crippen LogP contribution is 2.28. The van der Waals surface area contributed by atoms with Crippen molar-refractivity contribution in [3.05, 3.63) is 51.8 Å². The number of aliphatic hydroxyl groups excluding tert-OH is 8. The van der Waals surface area contributed by atoms with E-state index in [1.165, 1.54) is 18.2 Å². The lowest BCUT2D eigenvalue weighted by atomic mass is 10.1. The van der Waals surface area contributed by atoms with Gasteiger partial charge in [0.1, 0.15) is 41.6 Å². The van der Waals surface area contributed by atoms with E-state index in [1.54, 1.807) is 0 Å². The van der Waals surface area contributed by atoms with Crippen molar-refractivity contribution < 1.29 is 83.8 Å². The number of aliphatic carboxylic acids is 1. The summed E-state index contributed by atoms with van der Waals surface area (Å²) in [5.41, 5.74) is -0.956. The summed E-state index contributed by atoms with van der Waals surface area (Å²) < 4.78 is 15.9. The molecule has 1 aliphatic rings. The Bertz CT molecular complexity index is 1690. The molecule has 0 saturated heterocycles. The minimum Gasteiger partial charge on any atom is -0.506 e. The molecule has 22 heteroatoms. The molecule has 51 heavy (non-hydrogen) atoms. The van der Waals surface area contributed by atoms with Crippen LogP contribution in [-0.2, 0) is 35.1 Å². The largest absolute Gasteiger partial charge is 0.506 e. The number of hydrogen-bond acceptors (Lipinski definition) is 17. The van der Waals surface area contributed by atoms with Gasteiger partial charge < -0.3 is 81.1 Å². The van der Waals surface area contributed by atoms with E-state index in [2.05, 4.69) is 5.32 Å². The molecule has 13 N–H and O–H groups in total. The van der Waals surface area contributed by atoms with Gasteiger partial charge in [-0.3, -0.25) is 19.2 Å². The van der Waals surface area contributed by atoms with Gasteiger partial charge in [-0.1, -0.05) is 0 Å². The van der Waals surface area contributed by atoms with Gasteiger partial charge >= 0.3 is 11.6 Å². The first-order valence-corrected chi connectivity index (χ1v) is 14.8. The third-order valence-corrected chi connectivity index (χ3v) is 7.24. The van der Waals surface area contributed by atoms with Gasteiger partial charge in [-0.05, 0) is 17.7 Å². The number of fused-ring (bicyclic) bond motifs is 1. The molecule has 6 unspecified atom stereocenters. The van der Waals surface area contributed by atoms with E-state index in [4.69, 9.17) is 24.1 Å². The normalized spacial score (nSPS) is 19.7. The second kappa shape index (κ2) is 18.0. The van der Waals surface area contributed by atoms with Crippen LogP contribution in [-0.4, -0.2) is 151 Å². The topological polar surface area (TPSA) is 364 Å². The number of amides is 4. The van der Waals surface area contributed by atoms with Crippen LogP contribution in [0.25, 0.3) is 11.0 Å². The van der Waals surface area contributed by atoms with Crippen LogP contribution < -0.4 is 31.6 Å². The molecule has 0 fully saturated rings. The lowest BCUT2D eigenvalue weighted by molar-refractivity contribution is -0.192. The molecule has 0 bridgehead atoms. The minimum atomic E-state index is -1.85. The highest BCUT2D eigenvalue weighted by atomic mass is 16.7. The smallest absolute Gasteiger partial charge is 0.336 e. The Morgan fingerprint density at radius 1 is 0.765 bits per heavy atom. The van der Waals surface area contributed by atoms with Gasteiger partial charge in [0.25, 0.3) is 0 Å². The molecule has 280 valence electrons. The number of ether oxygens (including phenoxy) is 2. The summed E-state index contributed by atoms with van der Waals surface area (Å²) in [5, 5.41) is 94.4. The third-order valence-electron chi connectivity index (χ3n) is 7.24. The Morgan fingerprint density at radius 3 is 1.80 bits per heavy atom. The third kappa shape index (κ3) is 10.1. The molecule has 3 rings (SSSR count). The van der Waals surface area contributed by atoms with Crippen molar-refractivity contribution >= 4 is 40.6 Å². The Hall–Kier alpha value is -5.36. The lowest BCUT2D eigenvalue weighted by Crippen LogP contribution is -2.60. The minimum absolute atomic E-state index is 0.0674. The van der Waals surface area contributed by atoms with Crippen molar-refractivity contribution in [2.45, 2.75) is 49.1 Å². The van der Waals surface area contributed by atoms with Crippen molar-refractivity contribution in [1.82, 2.24) is 21.3 Å². The van der Waals surface area contributed by atoms with Crippen LogP contribution in [0.5, 0.6) is 5.75 Å². The van der Waals surface area contributed by atoms with Crippen LogP contribution in [0.15, 0.2) is 45.0 Å². The summed E-state index contributed by atoms with van der Waals surface area (Å²) in [5.74, 6) is -7.88. The number of carbonyl (C=O) groups excluding carboxylic acids is 4. The molecule has 1 aromatic carbocycles. The number of carbonyl (C=O) groups is 5. The fourth-order valence-electron chi connectivity index (χ4n) is 4.53. The summed E-state index contributed by atoms with van der Waals surface area (Å²) in [6, 6.07) is -2.20. The number of carboxylic acid groups (broad SMARTS) is 1. The molecule has 1 aromatic heterocycles. The fourth-order valence-corrected chi connectivity index (χ4v) is 4.53. The highest BCUT2D eigenvalue weighted by molar-refractivity contribution is 5.96. The van der Waals surface area contributed by atoms with Crippen LogP contribution in [0.3, 0.4) is 0 Å². The number of aliphatic hydroxyl groups is 8. The average molecular weight is 729 g/mol. The molecular weight excluding hydrogens is 692 g/mol. The Morgan fingerprint density at radius 2 is 1.29 bits per heavy atom. The van der Waals surface area contributed by atoms with E-state index in [1.807, 2.05) is 16.0 Å². The number of hydrogen-bond donors (Lipinski definition) is 13. The average Bonchev–Trinajstić information content (AvgIpc) is 3.10. The van der Waals surface area contributed by atoms with Crippen LogP contribution >= 0.6 is 0 Å². The molecule has 2 heterocycles. The van der Waals surface area contributed by atoms with Crippen LogP contribution in [0, 0.1) is 0 Å². The van der Waals surface area contributed by atoms with Crippen LogP contribution in [0.2, 0.25) is 0 Å². The van der Waals surface area contributed by atoms with E-state index in [9.17, 15) is 64.5 Å². The standard InChI is InChI=1S/C29H36N4O18/c34-6-14(25(44)31-15(7-35)26(45)32-16(8-36)27(46)33-17(9-37)28(47)48)30-20(39)3-11-4-21(40)50-18-5-12(1-2-13(11)18)49-29-24(43)23(42)22(41)19(10-38)51-29/h1-2,4-5,14-17,19,24,29,34-38,41-43H,3,6-10H2,(H,30,39)(H,31,44)(H,32,45)(H,33,46)(H,47,48)/t14?,15?,16?,17?,19?,24?,29-/m1/s1. The van der Waals surface area contributed by atoms with Crippen molar-refractivity contribution in [2.75, 3.05) is 33.0 Å². The summed E-state index contributed by atoms with van der Waals surface area (Å²) in [6.07, 6.45) is -5.41. The van der Waals surface area contributed by atoms with E-state index in [0.29, 0.717) is 0 Å². The van der Waals surface area contributed by atoms with Crippen LogP contribution in [0.1, 0.15) is 5.56 Å². The highest BCUT2D eigenvalue weighted by Gasteiger charge is 2.39. The molecule has 0 radical (unpaired) electrons. The van der Waals surface area contributed by atoms with Gasteiger partial charge in [-0.2, -0.15) is 0 Å². The zero-order chi connectivity index (χ0) is 38.0. The first-order valence-electron chi connectivity index (χ1n) is 14.8. The van der Waals surface area contributed by atoms with E-state index >= 15 is 0 Å². The van der Waals surface area contributed by atoms with Gasteiger partial charge in [0.2, 0.25) is 29.9 Å². The summed E-state index contributed by atoms with van der Waals surface area (Å²) in [6.45, 7) is -4.89. The summed E-state index contributed by atoms with van der Waals surface area (Å²) >= 11 is 0. The Labute approximate surface area is 285 Å². The second-order valence-corrected chi connectivity index (χ2v) is 10.8. The van der Waals surface area contributed by atoms with E-state index < -0.39 is 129 Å². The molecule has 0 aliphatic carbocycles. The van der Waals surface area contributed by atoms with Gasteiger partial charge in [-0.25, -0.2) is 9.59 Å². The molecule has 1 aliphatic heterocycles. The van der Waals surface area contributed by atoms with Crippen LogP contribution in [0.4, 0.5) is 0 Å². The first-order chi connectivity index (χ1) is 24.2. The summed E-state index contributed by atoms with van der Waals surface area (Å²) in [7, 11) is 0. The first kappa shape index (κ1) is 40.1. The molecule has 0 spiro atoms. The molecule has 7 atom stereocenters. The Balaban J connectivity index is 1.67. The summed E-state index contributed by atoms with van der Waals surface area (Å²) in [4.78, 5) is 73.9. The maximum Gasteiger partial charge on any atom is 0.336 e. The second-order valence-electron chi connectivity index (χ2n) is 10.8. The predicted molar refractivity (Wildman–Crippen MR) is 165 cm³/mol. The quantitative estimate of drug-likeness (QED) is 0.0674. The maximum atomic E-state index is 12.9. The van der Waals surface area contributed by atoms with Gasteiger partial charge in [-0.15, -0.1) is 0 Å². The predicted octanol–water partition coefficient (Wildman–Crippen LogP) is -5.89. The molecule has 2 aromatic rings. The maximum absolute atomic E-state index is 12.9. The van der Waals surface area contributed by atoms with Gasteiger partial charge in [0.05, 0.1) is 39.5 Å². The van der Waals surface area contributed by atoms with E-state index in [-0.39, 0.29) is 22.3 Å². The van der Waals surface area contributed by atoms with Crippen molar-refractivity contribution in [2.24, 2.45) is 0 Å². The van der Waals surface area contributed by atoms with E-state index in [0.717, 1.165) is 6.07 Å². The lowest BCUT2D eigenvalue weighted by Gasteiger charge is -2.32. The molecular formula is C29H36N4O18. The zero-order valence-corrected chi connectivity index (χ0v) is 26.3. The number of nitrogens with one attached hydrogen (secondary N) is 4. The monoisotopic (exact) mass is 728 g/mol. The Kier molecular flexibility index (Phi) is 14.2. The zero-order valence-electron chi connectivity index (χ0n) is 26.3. The van der Waals surface area contributed by atoms with Crippen molar-refractivity contribution in [3.8, 4) is 5.75 Å². The SMILES string of the molecule is O=C(Cc1cc(=O)oc2cc(O[C@@H]3OC(CO)C(O)=C(O)C3O)ccc12)NC(CO)C(=O)NC(CO)C(=O)NC(CO)C(=O)NC(CO)C(=O)O. The fraction of sp³-hybridized carbons (Fsp3) is 0.448. The number of benzene rings is 1. The van der Waals surface area contributed by atoms with Crippen molar-refractivity contribution in [1.29, 1.82) is 0 Å². The number of rotatable bonds is 17. The van der Waals surface area contributed by atoms with Gasteiger partial charge in [0, 0.05) is 17.5 Å². The molecule has 22 nitrogen and oxygen atoms in total.